The van der Waals surface area contributed by atoms with E-state index in [1.54, 1.807) is 32.4 Å². The van der Waals surface area contributed by atoms with Gasteiger partial charge < -0.3 is 19.7 Å². The van der Waals surface area contributed by atoms with Crippen LogP contribution in [-0.2, 0) is 13.0 Å². The van der Waals surface area contributed by atoms with Crippen LogP contribution in [0.15, 0.2) is 84.9 Å². The molecule has 0 saturated carbocycles. The summed E-state index contributed by atoms with van der Waals surface area (Å²) < 4.78 is 10.8. The molecule has 0 unspecified atom stereocenters. The van der Waals surface area contributed by atoms with Crippen LogP contribution in [0.3, 0.4) is 0 Å². The number of nitrogens with one attached hydrogen (secondary N) is 1. The smallest absolute Gasteiger partial charge is 0.254 e. The zero-order valence-corrected chi connectivity index (χ0v) is 21.4. The van der Waals surface area contributed by atoms with Crippen molar-refractivity contribution < 1.29 is 14.3 Å². The van der Waals surface area contributed by atoms with Gasteiger partial charge in [0.1, 0.15) is 11.5 Å². The lowest BCUT2D eigenvalue weighted by Crippen LogP contribution is -2.51. The van der Waals surface area contributed by atoms with E-state index in [1.807, 2.05) is 29.2 Å². The van der Waals surface area contributed by atoms with Crippen LogP contribution in [0.5, 0.6) is 11.5 Å². The van der Waals surface area contributed by atoms with Crippen molar-refractivity contribution in [3.8, 4) is 11.5 Å². The van der Waals surface area contributed by atoms with Crippen molar-refractivity contribution in [2.75, 3.05) is 20.8 Å². The number of para-hydroxylation sites is 1. The molecule has 6 heteroatoms. The minimum Gasteiger partial charge on any atom is -0.497 e. The molecule has 1 aliphatic rings. The first-order valence-electron chi connectivity index (χ1n) is 12.8. The lowest BCUT2D eigenvalue weighted by Gasteiger charge is -2.40. The molecule has 1 aliphatic heterocycles. The molecule has 1 aromatic heterocycles. The predicted octanol–water partition coefficient (Wildman–Crippen LogP) is 5.26. The summed E-state index contributed by atoms with van der Waals surface area (Å²) in [6.07, 6.45) is 2.56. The van der Waals surface area contributed by atoms with E-state index in [1.165, 1.54) is 5.56 Å². The Hall–Kier alpha value is -3.90. The Morgan fingerprint density at radius 1 is 0.946 bits per heavy atom. The number of likely N-dealkylation sites (tertiary alicyclic amines) is 1. The van der Waals surface area contributed by atoms with Crippen molar-refractivity contribution in [3.05, 3.63) is 102 Å². The van der Waals surface area contributed by atoms with E-state index in [4.69, 9.17) is 14.5 Å². The van der Waals surface area contributed by atoms with E-state index < -0.39 is 0 Å². The number of aromatic nitrogens is 1. The van der Waals surface area contributed by atoms with E-state index in [9.17, 15) is 4.79 Å². The number of hydrogen-bond donors (Lipinski definition) is 1. The topological polar surface area (TPSA) is 63.7 Å². The summed E-state index contributed by atoms with van der Waals surface area (Å²) in [6.45, 7) is 1.38. The molecule has 2 atom stereocenters. The summed E-state index contributed by atoms with van der Waals surface area (Å²) in [5, 5.41) is 4.86. The van der Waals surface area contributed by atoms with Crippen LogP contribution in [0.2, 0.25) is 0 Å². The van der Waals surface area contributed by atoms with Crippen LogP contribution in [0.25, 0.3) is 10.9 Å². The molecule has 3 aromatic carbocycles. The van der Waals surface area contributed by atoms with Gasteiger partial charge in [-0.3, -0.25) is 9.78 Å². The molecule has 1 N–H and O–H groups in total. The molecule has 4 aromatic rings. The van der Waals surface area contributed by atoms with Crippen molar-refractivity contribution in [1.82, 2.24) is 15.2 Å². The lowest BCUT2D eigenvalue weighted by atomic mass is 9.91. The van der Waals surface area contributed by atoms with Crippen molar-refractivity contribution in [2.24, 2.45) is 0 Å². The largest absolute Gasteiger partial charge is 0.497 e. The average molecular weight is 496 g/mol. The highest BCUT2D eigenvalue weighted by molar-refractivity contribution is 5.95. The molecule has 190 valence electrons. The lowest BCUT2D eigenvalue weighted by molar-refractivity contribution is 0.0575. The number of hydrogen-bond acceptors (Lipinski definition) is 5. The molecular formula is C31H33N3O3. The third kappa shape index (κ3) is 5.92. The fraction of sp³-hybridized carbons (Fsp3) is 0.290. The van der Waals surface area contributed by atoms with Gasteiger partial charge >= 0.3 is 0 Å². The minimum atomic E-state index is 0.00720. The molecule has 1 amide bonds. The number of rotatable bonds is 8. The molecule has 5 rings (SSSR count). The van der Waals surface area contributed by atoms with E-state index >= 15 is 0 Å². The maximum atomic E-state index is 13.7. The Labute approximate surface area is 218 Å². The standard InChI is InChI=1S/C31H33N3O3/c1-36-28-17-24(18-29(20-28)37-2)31(35)34-15-14-25(19-27(34)16-22-8-4-3-5-9-22)32-21-26-13-12-23-10-6-7-11-30(23)33-26/h3-13,17-18,20,25,27,32H,14-16,19,21H2,1-2H3/t25-,27-/m0/s1. The van der Waals surface area contributed by atoms with Crippen LogP contribution in [0, 0.1) is 0 Å². The summed E-state index contributed by atoms with van der Waals surface area (Å²) in [7, 11) is 3.20. The second-order valence-electron chi connectivity index (χ2n) is 9.54. The van der Waals surface area contributed by atoms with E-state index in [-0.39, 0.29) is 11.9 Å². The summed E-state index contributed by atoms with van der Waals surface area (Å²) in [5.41, 5.74) is 3.85. The number of fused-ring (bicyclic) bond motifs is 1. The minimum absolute atomic E-state index is 0.00720. The maximum absolute atomic E-state index is 13.7. The first-order chi connectivity index (χ1) is 18.1. The number of ether oxygens (including phenoxy) is 2. The Morgan fingerprint density at radius 3 is 2.43 bits per heavy atom. The first kappa shape index (κ1) is 24.8. The van der Waals surface area contributed by atoms with Crippen molar-refractivity contribution in [2.45, 2.75) is 37.9 Å². The van der Waals surface area contributed by atoms with E-state index in [0.717, 1.165) is 35.9 Å². The van der Waals surface area contributed by atoms with Gasteiger partial charge in [0, 0.05) is 42.2 Å². The summed E-state index contributed by atoms with van der Waals surface area (Å²) in [4.78, 5) is 20.6. The van der Waals surface area contributed by atoms with Gasteiger partial charge in [0.25, 0.3) is 5.91 Å². The SMILES string of the molecule is COc1cc(OC)cc(C(=O)N2CC[C@H](NCc3ccc4ccccc4n3)C[C@@H]2Cc2ccccc2)c1. The van der Waals surface area contributed by atoms with Crippen LogP contribution >= 0.6 is 0 Å². The molecule has 0 spiro atoms. The van der Waals surface area contributed by atoms with Crippen molar-refractivity contribution >= 4 is 16.8 Å². The van der Waals surface area contributed by atoms with Gasteiger partial charge in [-0.05, 0) is 49.1 Å². The average Bonchev–Trinajstić information content (AvgIpc) is 2.96. The van der Waals surface area contributed by atoms with Crippen LogP contribution in [-0.4, -0.2) is 48.6 Å². The molecule has 2 heterocycles. The predicted molar refractivity (Wildman–Crippen MR) is 146 cm³/mol. The molecule has 0 bridgehead atoms. The number of piperidine rings is 1. The highest BCUT2D eigenvalue weighted by Gasteiger charge is 2.32. The fourth-order valence-electron chi connectivity index (χ4n) is 5.14. The molecule has 1 saturated heterocycles. The van der Waals surface area contributed by atoms with Crippen LogP contribution < -0.4 is 14.8 Å². The van der Waals surface area contributed by atoms with Crippen molar-refractivity contribution in [1.29, 1.82) is 0 Å². The number of nitrogens with zero attached hydrogens (tertiary/aromatic N) is 2. The van der Waals surface area contributed by atoms with Crippen LogP contribution in [0.1, 0.15) is 34.5 Å². The summed E-state index contributed by atoms with van der Waals surface area (Å²) >= 11 is 0. The molecular weight excluding hydrogens is 462 g/mol. The second kappa shape index (κ2) is 11.4. The van der Waals surface area contributed by atoms with Gasteiger partial charge in [0.05, 0.1) is 25.4 Å². The summed E-state index contributed by atoms with van der Waals surface area (Å²) in [5.74, 6) is 1.23. The van der Waals surface area contributed by atoms with Gasteiger partial charge in [0.2, 0.25) is 0 Å². The molecule has 1 fully saturated rings. The quantitative estimate of drug-likeness (QED) is 0.361. The van der Waals surface area contributed by atoms with Gasteiger partial charge in [-0.1, -0.05) is 54.6 Å². The Morgan fingerprint density at radius 2 is 1.68 bits per heavy atom. The number of pyridine rings is 1. The zero-order valence-electron chi connectivity index (χ0n) is 21.4. The number of carbonyl (C=O) groups excluding carboxylic acids is 1. The zero-order chi connectivity index (χ0) is 25.6. The molecule has 37 heavy (non-hydrogen) atoms. The van der Waals surface area contributed by atoms with Gasteiger partial charge in [-0.2, -0.15) is 0 Å². The van der Waals surface area contributed by atoms with Gasteiger partial charge in [-0.25, -0.2) is 0 Å². The third-order valence-corrected chi connectivity index (χ3v) is 7.12. The van der Waals surface area contributed by atoms with Gasteiger partial charge in [0.15, 0.2) is 0 Å². The van der Waals surface area contributed by atoms with Crippen molar-refractivity contribution in [3.63, 3.8) is 0 Å². The van der Waals surface area contributed by atoms with E-state index in [0.29, 0.717) is 36.2 Å². The molecule has 6 nitrogen and oxygen atoms in total. The first-order valence-corrected chi connectivity index (χ1v) is 12.8. The summed E-state index contributed by atoms with van der Waals surface area (Å²) in [6, 6.07) is 28.5. The Kier molecular flexibility index (Phi) is 7.66. The molecule has 0 aliphatic carbocycles. The maximum Gasteiger partial charge on any atom is 0.254 e. The third-order valence-electron chi connectivity index (χ3n) is 7.12. The van der Waals surface area contributed by atoms with E-state index in [2.05, 4.69) is 47.8 Å². The Balaban J connectivity index is 1.33. The monoisotopic (exact) mass is 495 g/mol. The number of methoxy groups -OCH3 is 2. The highest BCUT2D eigenvalue weighted by atomic mass is 16.5. The number of benzene rings is 3. The van der Waals surface area contributed by atoms with Crippen LogP contribution in [0.4, 0.5) is 0 Å². The highest BCUT2D eigenvalue weighted by Crippen LogP contribution is 2.28. The second-order valence-corrected chi connectivity index (χ2v) is 9.54. The molecule has 0 radical (unpaired) electrons. The number of amides is 1. The van der Waals surface area contributed by atoms with Gasteiger partial charge in [-0.15, -0.1) is 0 Å². The Bertz CT molecular complexity index is 1340. The fourth-order valence-corrected chi connectivity index (χ4v) is 5.14. The normalized spacial score (nSPS) is 17.5. The number of carbonyl (C=O) groups is 1.